The molecule has 1 saturated carbocycles. The highest BCUT2D eigenvalue weighted by Gasteiger charge is 2.35. The summed E-state index contributed by atoms with van der Waals surface area (Å²) < 4.78 is 4.36. The molecule has 3 N–H and O–H groups in total. The van der Waals surface area contributed by atoms with Gasteiger partial charge >= 0.3 is 0 Å². The fraction of sp³-hybridized carbons (Fsp3) is 0.750. The van der Waals surface area contributed by atoms with Crippen LogP contribution in [0.2, 0.25) is 0 Å². The highest BCUT2D eigenvalue weighted by Crippen LogP contribution is 2.42. The zero-order chi connectivity index (χ0) is 10.0. The molecule has 1 aromatic heterocycles. The van der Waals surface area contributed by atoms with Gasteiger partial charge in [-0.25, -0.2) is 0 Å². The molecule has 1 aromatic rings. The zero-order valence-electron chi connectivity index (χ0n) is 8.12. The number of hydrogen-bond acceptors (Lipinski definition) is 6. The highest BCUT2D eigenvalue weighted by molar-refractivity contribution is 8.00. The lowest BCUT2D eigenvalue weighted by molar-refractivity contribution is 0.380. The largest absolute Gasteiger partial charge is 0.367 e. The minimum absolute atomic E-state index is 0.365. The van der Waals surface area contributed by atoms with Crippen molar-refractivity contribution in [3.8, 4) is 0 Å². The molecule has 1 aliphatic carbocycles. The van der Waals surface area contributed by atoms with Crippen LogP contribution < -0.4 is 11.1 Å². The van der Waals surface area contributed by atoms with Crippen LogP contribution in [0.4, 0.5) is 11.1 Å². The fourth-order valence-corrected chi connectivity index (χ4v) is 2.97. The van der Waals surface area contributed by atoms with Crippen LogP contribution in [0.25, 0.3) is 0 Å². The minimum atomic E-state index is 0.365. The average Bonchev–Trinajstić information content (AvgIpc) is 2.50. The Morgan fingerprint density at radius 2 is 2.43 bits per heavy atom. The Kier molecular flexibility index (Phi) is 2.83. The van der Waals surface area contributed by atoms with Crippen molar-refractivity contribution in [1.29, 1.82) is 0 Å². The number of rotatable bonds is 4. The third-order valence-electron chi connectivity index (χ3n) is 2.70. The van der Waals surface area contributed by atoms with Crippen LogP contribution in [0.15, 0.2) is 0 Å². The van der Waals surface area contributed by atoms with Gasteiger partial charge in [0, 0.05) is 22.8 Å². The quantitative estimate of drug-likeness (QED) is 0.826. The maximum atomic E-state index is 5.44. The molecule has 0 aromatic carbocycles. The standard InChI is InChI=1S/C8H14N4S2/c1-13-8(3-2-4-8)5-10-7-11-6(9)12-14-7/h2-5H2,1H3,(H3,9,10,11,12). The fourth-order valence-electron chi connectivity index (χ4n) is 1.57. The summed E-state index contributed by atoms with van der Waals surface area (Å²) in [6.07, 6.45) is 6.13. The maximum absolute atomic E-state index is 5.44. The van der Waals surface area contributed by atoms with Gasteiger partial charge in [-0.3, -0.25) is 0 Å². The average molecular weight is 230 g/mol. The first kappa shape index (κ1) is 10.0. The van der Waals surface area contributed by atoms with Crippen LogP contribution in [0.1, 0.15) is 19.3 Å². The van der Waals surface area contributed by atoms with Gasteiger partial charge in [-0.2, -0.15) is 21.1 Å². The summed E-state index contributed by atoms with van der Waals surface area (Å²) in [6.45, 7) is 0.975. The molecule has 0 bridgehead atoms. The Morgan fingerprint density at radius 3 is 2.86 bits per heavy atom. The molecule has 0 saturated heterocycles. The van der Waals surface area contributed by atoms with Crippen molar-refractivity contribution in [2.45, 2.75) is 24.0 Å². The van der Waals surface area contributed by atoms with Crippen LogP contribution in [0.3, 0.4) is 0 Å². The summed E-state index contributed by atoms with van der Waals surface area (Å²) in [5.41, 5.74) is 5.44. The van der Waals surface area contributed by atoms with Gasteiger partial charge in [0.1, 0.15) is 0 Å². The van der Waals surface area contributed by atoms with Crippen LogP contribution in [0, 0.1) is 0 Å². The van der Waals surface area contributed by atoms with E-state index in [1.54, 1.807) is 0 Å². The van der Waals surface area contributed by atoms with Crippen LogP contribution in [-0.2, 0) is 0 Å². The summed E-state index contributed by atoms with van der Waals surface area (Å²) >= 11 is 3.28. The maximum Gasteiger partial charge on any atom is 0.233 e. The monoisotopic (exact) mass is 230 g/mol. The Hall–Kier alpha value is -0.490. The molecule has 1 fully saturated rings. The molecular weight excluding hydrogens is 216 g/mol. The molecule has 14 heavy (non-hydrogen) atoms. The van der Waals surface area contributed by atoms with E-state index in [4.69, 9.17) is 5.73 Å². The second-order valence-electron chi connectivity index (χ2n) is 3.55. The number of hydrogen-bond donors (Lipinski definition) is 2. The van der Waals surface area contributed by atoms with E-state index in [1.807, 2.05) is 11.8 Å². The Bertz CT molecular complexity index is 303. The molecule has 0 amide bonds. The first-order valence-corrected chi connectivity index (χ1v) is 6.62. The summed E-state index contributed by atoms with van der Waals surface area (Å²) in [5.74, 6) is 0.365. The third kappa shape index (κ3) is 1.95. The zero-order valence-corrected chi connectivity index (χ0v) is 9.75. The van der Waals surface area contributed by atoms with Gasteiger partial charge in [0.15, 0.2) is 0 Å². The molecule has 0 spiro atoms. The molecule has 1 aliphatic rings. The molecule has 0 aliphatic heterocycles. The summed E-state index contributed by atoms with van der Waals surface area (Å²) in [6, 6.07) is 0. The van der Waals surface area contributed by atoms with Gasteiger partial charge in [-0.15, -0.1) is 0 Å². The van der Waals surface area contributed by atoms with Gasteiger partial charge in [0.05, 0.1) is 0 Å². The van der Waals surface area contributed by atoms with Crippen molar-refractivity contribution in [2.75, 3.05) is 23.9 Å². The SMILES string of the molecule is CSC1(CNc2nc(N)ns2)CCC1. The van der Waals surface area contributed by atoms with Gasteiger partial charge in [0.2, 0.25) is 11.1 Å². The molecule has 6 heteroatoms. The lowest BCUT2D eigenvalue weighted by atomic mass is 9.84. The normalized spacial score (nSPS) is 18.9. The predicted octanol–water partition coefficient (Wildman–Crippen LogP) is 1.82. The number of nitrogens with two attached hydrogens (primary N) is 1. The minimum Gasteiger partial charge on any atom is -0.367 e. The highest BCUT2D eigenvalue weighted by atomic mass is 32.2. The van der Waals surface area contributed by atoms with Gasteiger partial charge < -0.3 is 11.1 Å². The van der Waals surface area contributed by atoms with Crippen molar-refractivity contribution in [1.82, 2.24) is 9.36 Å². The van der Waals surface area contributed by atoms with Gasteiger partial charge in [-0.1, -0.05) is 6.42 Å². The number of anilines is 2. The number of thioether (sulfide) groups is 1. The van der Waals surface area contributed by atoms with Crippen LogP contribution in [-0.4, -0.2) is 26.9 Å². The first-order chi connectivity index (χ1) is 6.74. The summed E-state index contributed by atoms with van der Waals surface area (Å²) in [5, 5.41) is 4.14. The third-order valence-corrected chi connectivity index (χ3v) is 4.81. The number of nitrogens with one attached hydrogen (secondary N) is 1. The van der Waals surface area contributed by atoms with Gasteiger partial charge in [-0.05, 0) is 19.1 Å². The Balaban J connectivity index is 1.87. The number of nitrogen functional groups attached to an aromatic ring is 1. The number of nitrogens with zero attached hydrogens (tertiary/aromatic N) is 2. The first-order valence-electron chi connectivity index (χ1n) is 4.62. The van der Waals surface area contributed by atoms with E-state index in [0.29, 0.717) is 10.7 Å². The van der Waals surface area contributed by atoms with Crippen molar-refractivity contribution in [2.24, 2.45) is 0 Å². The molecule has 0 unspecified atom stereocenters. The lowest BCUT2D eigenvalue weighted by Gasteiger charge is -2.40. The molecule has 0 atom stereocenters. The van der Waals surface area contributed by atoms with E-state index in [2.05, 4.69) is 20.9 Å². The van der Waals surface area contributed by atoms with E-state index < -0.39 is 0 Å². The van der Waals surface area contributed by atoms with Crippen molar-refractivity contribution < 1.29 is 0 Å². The van der Waals surface area contributed by atoms with Crippen molar-refractivity contribution in [3.05, 3.63) is 0 Å². The lowest BCUT2D eigenvalue weighted by Crippen LogP contribution is -2.40. The number of aromatic nitrogens is 2. The van der Waals surface area contributed by atoms with Crippen LogP contribution >= 0.6 is 23.3 Å². The Morgan fingerprint density at radius 1 is 1.64 bits per heavy atom. The molecule has 4 nitrogen and oxygen atoms in total. The van der Waals surface area contributed by atoms with Crippen LogP contribution in [0.5, 0.6) is 0 Å². The van der Waals surface area contributed by atoms with Gasteiger partial charge in [0.25, 0.3) is 0 Å². The van der Waals surface area contributed by atoms with E-state index >= 15 is 0 Å². The molecular formula is C8H14N4S2. The predicted molar refractivity (Wildman–Crippen MR) is 62.9 cm³/mol. The van der Waals surface area contributed by atoms with Crippen molar-refractivity contribution in [3.63, 3.8) is 0 Å². The van der Waals surface area contributed by atoms with E-state index in [9.17, 15) is 0 Å². The second kappa shape index (κ2) is 3.94. The second-order valence-corrected chi connectivity index (χ2v) is 5.58. The smallest absolute Gasteiger partial charge is 0.233 e. The summed E-state index contributed by atoms with van der Waals surface area (Å²) in [7, 11) is 0. The van der Waals surface area contributed by atoms with E-state index in [-0.39, 0.29) is 0 Å². The molecule has 1 heterocycles. The summed E-state index contributed by atoms with van der Waals surface area (Å²) in [4.78, 5) is 4.07. The molecule has 0 radical (unpaired) electrons. The topological polar surface area (TPSA) is 63.8 Å². The molecule has 78 valence electrons. The van der Waals surface area contributed by atoms with E-state index in [0.717, 1.165) is 11.7 Å². The van der Waals surface area contributed by atoms with Crippen molar-refractivity contribution >= 4 is 34.4 Å². The molecule has 2 rings (SSSR count). The van der Waals surface area contributed by atoms with E-state index in [1.165, 1.54) is 30.8 Å². The Labute approximate surface area is 91.8 Å².